The SMILES string of the molecule is CCc1ccc(OC(=O)c2ccc(COc3ccccc3OC)o2)cc1. The van der Waals surface area contributed by atoms with Crippen molar-refractivity contribution in [1.29, 1.82) is 0 Å². The summed E-state index contributed by atoms with van der Waals surface area (Å²) in [5, 5.41) is 0. The van der Waals surface area contributed by atoms with Crippen LogP contribution in [0.25, 0.3) is 0 Å². The Balaban J connectivity index is 1.60. The van der Waals surface area contributed by atoms with E-state index in [-0.39, 0.29) is 12.4 Å². The summed E-state index contributed by atoms with van der Waals surface area (Å²) in [5.74, 6) is 1.82. The molecule has 0 fully saturated rings. The number of aryl methyl sites for hydroxylation is 1. The number of esters is 1. The summed E-state index contributed by atoms with van der Waals surface area (Å²) in [6.45, 7) is 2.25. The largest absolute Gasteiger partial charge is 0.493 e. The number of ether oxygens (including phenoxy) is 3. The van der Waals surface area contributed by atoms with E-state index in [1.54, 1.807) is 37.4 Å². The molecule has 0 saturated heterocycles. The molecule has 3 aromatic rings. The van der Waals surface area contributed by atoms with E-state index in [0.29, 0.717) is 23.0 Å². The standard InChI is InChI=1S/C21H20O5/c1-3-15-8-10-16(11-9-15)26-21(22)20-13-12-17(25-20)14-24-19-7-5-4-6-18(19)23-2/h4-13H,3,14H2,1-2H3. The average Bonchev–Trinajstić information content (AvgIpc) is 3.16. The maximum atomic E-state index is 12.2. The molecule has 0 saturated carbocycles. The third kappa shape index (κ3) is 4.25. The first-order valence-electron chi connectivity index (χ1n) is 8.35. The van der Waals surface area contributed by atoms with E-state index < -0.39 is 5.97 Å². The number of hydrogen-bond donors (Lipinski definition) is 0. The molecule has 134 valence electrons. The van der Waals surface area contributed by atoms with Gasteiger partial charge in [-0.05, 0) is 48.4 Å². The molecule has 1 heterocycles. The lowest BCUT2D eigenvalue weighted by molar-refractivity contribution is 0.0697. The van der Waals surface area contributed by atoms with Crippen LogP contribution in [0.4, 0.5) is 0 Å². The second-order valence-electron chi connectivity index (χ2n) is 5.59. The van der Waals surface area contributed by atoms with Crippen molar-refractivity contribution in [2.75, 3.05) is 7.11 Å². The van der Waals surface area contributed by atoms with Gasteiger partial charge in [-0.15, -0.1) is 0 Å². The second-order valence-corrected chi connectivity index (χ2v) is 5.59. The molecular formula is C21H20O5. The van der Waals surface area contributed by atoms with Crippen molar-refractivity contribution >= 4 is 5.97 Å². The fourth-order valence-corrected chi connectivity index (χ4v) is 2.40. The van der Waals surface area contributed by atoms with E-state index in [4.69, 9.17) is 18.6 Å². The topological polar surface area (TPSA) is 57.9 Å². The van der Waals surface area contributed by atoms with E-state index in [0.717, 1.165) is 6.42 Å². The Morgan fingerprint density at radius 2 is 1.69 bits per heavy atom. The third-order valence-corrected chi connectivity index (χ3v) is 3.84. The average molecular weight is 352 g/mol. The fourth-order valence-electron chi connectivity index (χ4n) is 2.40. The van der Waals surface area contributed by atoms with E-state index in [9.17, 15) is 4.79 Å². The van der Waals surface area contributed by atoms with Crippen molar-refractivity contribution in [2.45, 2.75) is 20.0 Å². The van der Waals surface area contributed by atoms with E-state index in [1.165, 1.54) is 5.56 Å². The Bertz CT molecular complexity index is 864. The van der Waals surface area contributed by atoms with Gasteiger partial charge in [-0.1, -0.05) is 31.2 Å². The van der Waals surface area contributed by atoms with Crippen molar-refractivity contribution in [3.8, 4) is 17.2 Å². The Kier molecular flexibility index (Phi) is 5.59. The minimum atomic E-state index is -0.544. The van der Waals surface area contributed by atoms with Crippen LogP contribution in [0.1, 0.15) is 28.8 Å². The molecule has 0 N–H and O–H groups in total. The van der Waals surface area contributed by atoms with Crippen LogP contribution in [0.5, 0.6) is 17.2 Å². The number of benzene rings is 2. The van der Waals surface area contributed by atoms with Crippen LogP contribution in [-0.4, -0.2) is 13.1 Å². The predicted molar refractivity (Wildman–Crippen MR) is 96.8 cm³/mol. The summed E-state index contributed by atoms with van der Waals surface area (Å²) in [6.07, 6.45) is 0.933. The Morgan fingerprint density at radius 1 is 0.962 bits per heavy atom. The second kappa shape index (κ2) is 8.25. The first kappa shape index (κ1) is 17.6. The zero-order chi connectivity index (χ0) is 18.4. The minimum absolute atomic E-state index is 0.128. The highest BCUT2D eigenvalue weighted by atomic mass is 16.6. The highest BCUT2D eigenvalue weighted by molar-refractivity contribution is 5.88. The number of carbonyl (C=O) groups is 1. The van der Waals surface area contributed by atoms with Gasteiger partial charge in [-0.3, -0.25) is 0 Å². The molecule has 0 aliphatic heterocycles. The molecule has 5 heteroatoms. The molecule has 0 aliphatic rings. The van der Waals surface area contributed by atoms with Crippen molar-refractivity contribution in [2.24, 2.45) is 0 Å². The smallest absolute Gasteiger partial charge is 0.379 e. The minimum Gasteiger partial charge on any atom is -0.493 e. The van der Waals surface area contributed by atoms with Crippen LogP contribution in [0.15, 0.2) is 65.1 Å². The van der Waals surface area contributed by atoms with Crippen LogP contribution in [-0.2, 0) is 13.0 Å². The molecule has 2 aromatic carbocycles. The van der Waals surface area contributed by atoms with Gasteiger partial charge in [-0.2, -0.15) is 0 Å². The lowest BCUT2D eigenvalue weighted by Crippen LogP contribution is -2.07. The predicted octanol–water partition coefficient (Wildman–Crippen LogP) is 4.65. The van der Waals surface area contributed by atoms with Gasteiger partial charge in [0.15, 0.2) is 11.5 Å². The highest BCUT2D eigenvalue weighted by Crippen LogP contribution is 2.27. The van der Waals surface area contributed by atoms with Crippen LogP contribution in [0.3, 0.4) is 0 Å². The molecule has 0 atom stereocenters. The van der Waals surface area contributed by atoms with Crippen LogP contribution in [0, 0.1) is 0 Å². The summed E-state index contributed by atoms with van der Waals surface area (Å²) < 4.78 is 21.7. The van der Waals surface area contributed by atoms with E-state index in [1.807, 2.05) is 30.3 Å². The van der Waals surface area contributed by atoms with Crippen molar-refractivity contribution in [3.05, 3.63) is 77.7 Å². The van der Waals surface area contributed by atoms with Crippen LogP contribution in [0.2, 0.25) is 0 Å². The molecule has 1 aromatic heterocycles. The molecule has 26 heavy (non-hydrogen) atoms. The van der Waals surface area contributed by atoms with Crippen molar-refractivity contribution in [3.63, 3.8) is 0 Å². The van der Waals surface area contributed by atoms with Crippen molar-refractivity contribution in [1.82, 2.24) is 0 Å². The van der Waals surface area contributed by atoms with E-state index in [2.05, 4.69) is 6.92 Å². The number of furan rings is 1. The first-order valence-corrected chi connectivity index (χ1v) is 8.35. The molecular weight excluding hydrogens is 332 g/mol. The quantitative estimate of drug-likeness (QED) is 0.458. The Labute approximate surface area is 152 Å². The summed E-state index contributed by atoms with van der Waals surface area (Å²) >= 11 is 0. The zero-order valence-corrected chi connectivity index (χ0v) is 14.7. The molecule has 0 radical (unpaired) electrons. The summed E-state index contributed by atoms with van der Waals surface area (Å²) in [5.41, 5.74) is 1.18. The molecule has 0 amide bonds. The van der Waals surface area contributed by atoms with Gasteiger partial charge in [0.25, 0.3) is 0 Å². The molecule has 0 spiro atoms. The molecule has 5 nitrogen and oxygen atoms in total. The molecule has 0 aliphatic carbocycles. The summed E-state index contributed by atoms with van der Waals surface area (Å²) in [4.78, 5) is 12.2. The van der Waals surface area contributed by atoms with Gasteiger partial charge in [0, 0.05) is 0 Å². The number of rotatable bonds is 7. The normalized spacial score (nSPS) is 10.4. The Hall–Kier alpha value is -3.21. The van der Waals surface area contributed by atoms with Gasteiger partial charge in [0.05, 0.1) is 7.11 Å². The van der Waals surface area contributed by atoms with Crippen LogP contribution >= 0.6 is 0 Å². The summed E-state index contributed by atoms with van der Waals surface area (Å²) in [7, 11) is 1.58. The highest BCUT2D eigenvalue weighted by Gasteiger charge is 2.14. The molecule has 0 bridgehead atoms. The molecule has 0 unspecified atom stereocenters. The van der Waals surface area contributed by atoms with Gasteiger partial charge in [-0.25, -0.2) is 4.79 Å². The maximum absolute atomic E-state index is 12.2. The van der Waals surface area contributed by atoms with E-state index >= 15 is 0 Å². The van der Waals surface area contributed by atoms with Gasteiger partial charge >= 0.3 is 5.97 Å². The number of carbonyl (C=O) groups excluding carboxylic acids is 1. The van der Waals surface area contributed by atoms with Crippen LogP contribution < -0.4 is 14.2 Å². The fraction of sp³-hybridized carbons (Fsp3) is 0.190. The number of methoxy groups -OCH3 is 1. The Morgan fingerprint density at radius 3 is 2.38 bits per heavy atom. The lowest BCUT2D eigenvalue weighted by atomic mass is 10.2. The lowest BCUT2D eigenvalue weighted by Gasteiger charge is -2.08. The number of para-hydroxylation sites is 2. The van der Waals surface area contributed by atoms with Gasteiger partial charge in [0.2, 0.25) is 5.76 Å². The van der Waals surface area contributed by atoms with Gasteiger partial charge < -0.3 is 18.6 Å². The zero-order valence-electron chi connectivity index (χ0n) is 14.7. The van der Waals surface area contributed by atoms with Crippen molar-refractivity contribution < 1.29 is 23.4 Å². The summed E-state index contributed by atoms with van der Waals surface area (Å²) in [6, 6.07) is 18.0. The first-order chi connectivity index (χ1) is 12.7. The molecule has 3 rings (SSSR count). The van der Waals surface area contributed by atoms with Gasteiger partial charge in [0.1, 0.15) is 18.1 Å². The maximum Gasteiger partial charge on any atom is 0.379 e. The monoisotopic (exact) mass is 352 g/mol. The number of hydrogen-bond acceptors (Lipinski definition) is 5. The third-order valence-electron chi connectivity index (χ3n) is 3.84.